The van der Waals surface area contributed by atoms with Crippen molar-refractivity contribution in [3.05, 3.63) is 152 Å². The molecule has 180 valence electrons. The van der Waals surface area contributed by atoms with E-state index in [0.717, 1.165) is 28.1 Å². The SMILES string of the molecule is c1ccc(-c2cccc(-c3ccccc3)c2-[n+]2cn(-c3cccc(-n4ccnc4)c3)c3ccccc32)cc1. The van der Waals surface area contributed by atoms with Gasteiger partial charge in [-0.25, -0.2) is 4.98 Å². The van der Waals surface area contributed by atoms with Crippen LogP contribution in [0.25, 0.3) is 50.3 Å². The van der Waals surface area contributed by atoms with Crippen LogP contribution in [0.15, 0.2) is 152 Å². The Labute approximate surface area is 221 Å². The Hall–Kier alpha value is -5.22. The minimum absolute atomic E-state index is 1.07. The highest BCUT2D eigenvalue weighted by molar-refractivity contribution is 5.84. The molecule has 2 aromatic heterocycles. The van der Waals surface area contributed by atoms with E-state index in [4.69, 9.17) is 0 Å². The van der Waals surface area contributed by atoms with Crippen LogP contribution in [0, 0.1) is 0 Å². The van der Waals surface area contributed by atoms with Crippen LogP contribution in [0.1, 0.15) is 0 Å². The van der Waals surface area contributed by atoms with Crippen LogP contribution < -0.4 is 4.57 Å². The predicted octanol–water partition coefficient (Wildman–Crippen LogP) is 7.43. The third-order valence-corrected chi connectivity index (χ3v) is 6.99. The summed E-state index contributed by atoms with van der Waals surface area (Å²) in [5.41, 5.74) is 10.3. The van der Waals surface area contributed by atoms with Gasteiger partial charge in [0, 0.05) is 29.6 Å². The molecule has 0 saturated carbocycles. The molecule has 4 heteroatoms. The molecule has 7 rings (SSSR count). The third-order valence-electron chi connectivity index (χ3n) is 6.99. The van der Waals surface area contributed by atoms with E-state index in [9.17, 15) is 0 Å². The Morgan fingerprint density at radius 2 is 1.21 bits per heavy atom. The number of para-hydroxylation sites is 3. The Bertz CT molecular complexity index is 1790. The van der Waals surface area contributed by atoms with Gasteiger partial charge in [0.05, 0.1) is 12.0 Å². The molecule has 0 atom stereocenters. The smallest absolute Gasteiger partial charge is 0.255 e. The first-order valence-corrected chi connectivity index (χ1v) is 12.7. The first-order valence-electron chi connectivity index (χ1n) is 12.7. The summed E-state index contributed by atoms with van der Waals surface area (Å²) in [5, 5.41) is 0. The van der Waals surface area contributed by atoms with Crippen molar-refractivity contribution in [2.45, 2.75) is 0 Å². The topological polar surface area (TPSA) is 26.6 Å². The molecule has 0 aliphatic heterocycles. The fraction of sp³-hybridized carbons (Fsp3) is 0. The first kappa shape index (κ1) is 22.0. The number of benzene rings is 5. The normalized spacial score (nSPS) is 11.2. The lowest BCUT2D eigenvalue weighted by atomic mass is 9.95. The molecule has 0 spiro atoms. The Morgan fingerprint density at radius 3 is 1.89 bits per heavy atom. The van der Waals surface area contributed by atoms with Gasteiger partial charge < -0.3 is 4.57 Å². The number of hydrogen-bond donors (Lipinski definition) is 0. The van der Waals surface area contributed by atoms with Gasteiger partial charge in [0.2, 0.25) is 0 Å². The van der Waals surface area contributed by atoms with Crippen molar-refractivity contribution in [3.63, 3.8) is 0 Å². The Morgan fingerprint density at radius 1 is 0.579 bits per heavy atom. The number of aromatic nitrogens is 4. The van der Waals surface area contributed by atoms with Gasteiger partial charge in [0.15, 0.2) is 11.0 Å². The van der Waals surface area contributed by atoms with Crippen molar-refractivity contribution in [1.29, 1.82) is 0 Å². The fourth-order valence-electron chi connectivity index (χ4n) is 5.22. The van der Waals surface area contributed by atoms with Crippen LogP contribution in [0.5, 0.6) is 0 Å². The van der Waals surface area contributed by atoms with E-state index in [1.807, 2.05) is 17.1 Å². The summed E-state index contributed by atoms with van der Waals surface area (Å²) in [6.07, 6.45) is 7.81. The van der Waals surface area contributed by atoms with Gasteiger partial charge in [-0.3, -0.25) is 0 Å². The predicted molar refractivity (Wildman–Crippen MR) is 153 cm³/mol. The van der Waals surface area contributed by atoms with E-state index < -0.39 is 0 Å². The zero-order chi connectivity index (χ0) is 25.3. The molecule has 0 fully saturated rings. The minimum Gasteiger partial charge on any atom is -0.306 e. The zero-order valence-corrected chi connectivity index (χ0v) is 20.7. The molecule has 5 aromatic carbocycles. The van der Waals surface area contributed by atoms with Crippen molar-refractivity contribution < 1.29 is 4.57 Å². The summed E-state index contributed by atoms with van der Waals surface area (Å²) in [6.45, 7) is 0. The maximum Gasteiger partial charge on any atom is 0.255 e. The second-order valence-electron chi connectivity index (χ2n) is 9.27. The van der Waals surface area contributed by atoms with Crippen LogP contribution >= 0.6 is 0 Å². The highest BCUT2D eigenvalue weighted by Crippen LogP contribution is 2.34. The van der Waals surface area contributed by atoms with Gasteiger partial charge in [-0.15, -0.1) is 0 Å². The molecule has 7 aromatic rings. The molecule has 0 unspecified atom stereocenters. The lowest BCUT2D eigenvalue weighted by molar-refractivity contribution is -0.566. The van der Waals surface area contributed by atoms with E-state index in [2.05, 4.69) is 148 Å². The number of fused-ring (bicyclic) bond motifs is 1. The van der Waals surface area contributed by atoms with E-state index in [-0.39, 0.29) is 0 Å². The van der Waals surface area contributed by atoms with Gasteiger partial charge >= 0.3 is 0 Å². The van der Waals surface area contributed by atoms with Crippen molar-refractivity contribution >= 4 is 11.0 Å². The van der Waals surface area contributed by atoms with Gasteiger partial charge in [0.25, 0.3) is 6.33 Å². The summed E-state index contributed by atoms with van der Waals surface area (Å²) < 4.78 is 6.64. The van der Waals surface area contributed by atoms with Gasteiger partial charge in [-0.1, -0.05) is 97.1 Å². The number of nitrogens with zero attached hydrogens (tertiary/aromatic N) is 4. The number of imidazole rings is 2. The molecule has 0 N–H and O–H groups in total. The molecule has 0 aliphatic rings. The number of rotatable bonds is 5. The summed E-state index contributed by atoms with van der Waals surface area (Å²) in [5.74, 6) is 0. The molecule has 0 amide bonds. The van der Waals surface area contributed by atoms with Gasteiger partial charge in [-0.05, 0) is 35.4 Å². The minimum atomic E-state index is 1.07. The molecule has 4 nitrogen and oxygen atoms in total. The lowest BCUT2D eigenvalue weighted by Gasteiger charge is -2.13. The van der Waals surface area contributed by atoms with Crippen molar-refractivity contribution in [1.82, 2.24) is 14.1 Å². The Balaban J connectivity index is 1.51. The third kappa shape index (κ3) is 3.80. The van der Waals surface area contributed by atoms with Crippen LogP contribution in [-0.4, -0.2) is 14.1 Å². The maximum atomic E-state index is 4.22. The summed E-state index contributed by atoms with van der Waals surface area (Å²) in [7, 11) is 0. The van der Waals surface area contributed by atoms with E-state index in [0.29, 0.717) is 0 Å². The average Bonchev–Trinajstić information content (AvgIpc) is 3.67. The second-order valence-corrected chi connectivity index (χ2v) is 9.27. The summed E-state index contributed by atoms with van der Waals surface area (Å²) in [4.78, 5) is 4.22. The largest absolute Gasteiger partial charge is 0.306 e. The second kappa shape index (κ2) is 9.34. The first-order chi connectivity index (χ1) is 18.9. The van der Waals surface area contributed by atoms with Gasteiger partial charge in [0.1, 0.15) is 11.4 Å². The summed E-state index contributed by atoms with van der Waals surface area (Å²) >= 11 is 0. The molecule has 38 heavy (non-hydrogen) atoms. The molecule has 0 aliphatic carbocycles. The zero-order valence-electron chi connectivity index (χ0n) is 20.7. The van der Waals surface area contributed by atoms with E-state index in [1.165, 1.54) is 22.3 Å². The molecule has 2 heterocycles. The molecule has 0 bridgehead atoms. The van der Waals surface area contributed by atoms with Crippen LogP contribution in [0.3, 0.4) is 0 Å². The number of hydrogen-bond acceptors (Lipinski definition) is 1. The highest BCUT2D eigenvalue weighted by Gasteiger charge is 2.24. The highest BCUT2D eigenvalue weighted by atomic mass is 15.1. The monoisotopic (exact) mass is 489 g/mol. The van der Waals surface area contributed by atoms with Crippen LogP contribution in [0.2, 0.25) is 0 Å². The van der Waals surface area contributed by atoms with E-state index in [1.54, 1.807) is 6.20 Å². The molecule has 0 saturated heterocycles. The Kier molecular flexibility index (Phi) is 5.41. The van der Waals surface area contributed by atoms with E-state index >= 15 is 0 Å². The van der Waals surface area contributed by atoms with Crippen molar-refractivity contribution in [3.8, 4) is 39.3 Å². The quantitative estimate of drug-likeness (QED) is 0.231. The maximum absolute atomic E-state index is 4.22. The lowest BCUT2D eigenvalue weighted by Crippen LogP contribution is -2.30. The molecular formula is C34H25N4+. The van der Waals surface area contributed by atoms with Gasteiger partial charge in [-0.2, -0.15) is 9.13 Å². The standard InChI is InChI=1S/C34H25N4/c1-3-11-26(12-4-1)30-17-10-18-31(27-13-5-2-6-14-27)34(30)38-25-37(32-19-7-8-20-33(32)38)29-16-9-15-28(23-29)36-22-21-35-24-36/h1-25H/q+1. The fourth-order valence-corrected chi connectivity index (χ4v) is 5.22. The van der Waals surface area contributed by atoms with Crippen LogP contribution in [0.4, 0.5) is 0 Å². The van der Waals surface area contributed by atoms with Crippen molar-refractivity contribution in [2.75, 3.05) is 0 Å². The van der Waals surface area contributed by atoms with Crippen LogP contribution in [-0.2, 0) is 0 Å². The molecule has 0 radical (unpaired) electrons. The molecular weight excluding hydrogens is 464 g/mol. The average molecular weight is 490 g/mol. The van der Waals surface area contributed by atoms with Crippen molar-refractivity contribution in [2.24, 2.45) is 0 Å². The summed E-state index contributed by atoms with van der Waals surface area (Å²) in [6, 6.07) is 45.0.